The molecule has 124 valence electrons. The molecular weight excluding hydrogens is 290 g/mol. The van der Waals surface area contributed by atoms with Crippen molar-refractivity contribution in [3.05, 3.63) is 29.8 Å². The highest BCUT2D eigenvalue weighted by Gasteiger charge is 2.23. The topological polar surface area (TPSA) is 38.8 Å². The monoisotopic (exact) mass is 315 g/mol. The number of carbonyl (C=O) groups is 1. The molecule has 1 amide bonds. The Morgan fingerprint density at radius 2 is 2.17 bits per heavy atom. The zero-order chi connectivity index (χ0) is 16.5. The normalized spacial score (nSPS) is 17.6. The number of terminal acetylenes is 1. The minimum Gasteiger partial charge on any atom is -0.497 e. The van der Waals surface area contributed by atoms with Gasteiger partial charge in [-0.25, -0.2) is 0 Å². The number of hydrogen-bond donors (Lipinski definition) is 0. The van der Waals surface area contributed by atoms with Crippen molar-refractivity contribution in [3.8, 4) is 18.1 Å². The fourth-order valence-electron chi connectivity index (χ4n) is 2.91. The molecule has 1 aromatic carbocycles. The lowest BCUT2D eigenvalue weighted by molar-refractivity contribution is -0.133. The molecule has 0 aliphatic carbocycles. The van der Waals surface area contributed by atoms with E-state index in [-0.39, 0.29) is 5.91 Å². The van der Waals surface area contributed by atoms with E-state index in [1.165, 1.54) is 0 Å². The van der Waals surface area contributed by atoms with Gasteiger partial charge in [-0.15, -0.1) is 6.42 Å². The number of hydrogen-bond acceptors (Lipinski definition) is 3. The molecular formula is C19H25NO3. The number of methoxy groups -OCH3 is 1. The van der Waals surface area contributed by atoms with Gasteiger partial charge in [0, 0.05) is 19.5 Å². The molecule has 1 fully saturated rings. The predicted octanol–water partition coefficient (Wildman–Crippen LogP) is 2.52. The summed E-state index contributed by atoms with van der Waals surface area (Å²) in [5, 5.41) is 0. The summed E-state index contributed by atoms with van der Waals surface area (Å²) in [6.45, 7) is 2.63. The first kappa shape index (κ1) is 17.4. The SMILES string of the molecule is C#CCOCC1CCCN(C(=O)CCc2ccc(OC)cc2)C1. The maximum atomic E-state index is 12.4. The van der Waals surface area contributed by atoms with Crippen LogP contribution in [0.5, 0.6) is 5.75 Å². The number of piperidine rings is 1. The van der Waals surface area contributed by atoms with Gasteiger partial charge in [0.15, 0.2) is 0 Å². The van der Waals surface area contributed by atoms with Crippen molar-refractivity contribution in [1.82, 2.24) is 4.90 Å². The molecule has 0 spiro atoms. The number of likely N-dealkylation sites (tertiary alicyclic amines) is 1. The summed E-state index contributed by atoms with van der Waals surface area (Å²) in [7, 11) is 1.65. The average molecular weight is 315 g/mol. The van der Waals surface area contributed by atoms with E-state index in [4.69, 9.17) is 15.9 Å². The number of ether oxygens (including phenoxy) is 2. The van der Waals surface area contributed by atoms with Crippen molar-refractivity contribution in [2.45, 2.75) is 25.7 Å². The molecule has 4 heteroatoms. The molecule has 0 aromatic heterocycles. The molecule has 2 rings (SSSR count). The van der Waals surface area contributed by atoms with E-state index in [1.54, 1.807) is 7.11 Å². The Hall–Kier alpha value is -1.99. The molecule has 1 aliphatic heterocycles. The van der Waals surface area contributed by atoms with Crippen LogP contribution in [0.15, 0.2) is 24.3 Å². The lowest BCUT2D eigenvalue weighted by Crippen LogP contribution is -2.41. The number of benzene rings is 1. The van der Waals surface area contributed by atoms with E-state index in [2.05, 4.69) is 5.92 Å². The minimum absolute atomic E-state index is 0.225. The lowest BCUT2D eigenvalue weighted by Gasteiger charge is -2.32. The van der Waals surface area contributed by atoms with E-state index >= 15 is 0 Å². The van der Waals surface area contributed by atoms with Crippen LogP contribution in [0.25, 0.3) is 0 Å². The van der Waals surface area contributed by atoms with E-state index < -0.39 is 0 Å². The molecule has 1 aromatic rings. The third-order valence-electron chi connectivity index (χ3n) is 4.20. The molecule has 1 unspecified atom stereocenters. The Labute approximate surface area is 138 Å². The quantitative estimate of drug-likeness (QED) is 0.573. The van der Waals surface area contributed by atoms with Gasteiger partial charge in [0.1, 0.15) is 12.4 Å². The zero-order valence-electron chi connectivity index (χ0n) is 13.8. The van der Waals surface area contributed by atoms with E-state index in [0.29, 0.717) is 25.6 Å². The standard InChI is InChI=1S/C19H25NO3/c1-3-13-23-15-17-5-4-12-20(14-17)19(21)11-8-16-6-9-18(22-2)10-7-16/h1,6-7,9-10,17H,4-5,8,11-15H2,2H3. The van der Waals surface area contributed by atoms with Crippen LogP contribution in [0.3, 0.4) is 0 Å². The Morgan fingerprint density at radius 3 is 2.87 bits per heavy atom. The summed E-state index contributed by atoms with van der Waals surface area (Å²) in [4.78, 5) is 14.4. The Morgan fingerprint density at radius 1 is 1.39 bits per heavy atom. The summed E-state index contributed by atoms with van der Waals surface area (Å²) in [5.74, 6) is 3.94. The summed E-state index contributed by atoms with van der Waals surface area (Å²) < 4.78 is 10.6. The van der Waals surface area contributed by atoms with Gasteiger partial charge in [-0.05, 0) is 42.9 Å². The maximum Gasteiger partial charge on any atom is 0.222 e. The molecule has 1 atom stereocenters. The number of nitrogens with zero attached hydrogens (tertiary/aromatic N) is 1. The number of carbonyl (C=O) groups excluding carboxylic acids is 1. The van der Waals surface area contributed by atoms with Crippen LogP contribution >= 0.6 is 0 Å². The van der Waals surface area contributed by atoms with E-state index in [0.717, 1.165) is 43.7 Å². The molecule has 1 aliphatic rings. The van der Waals surface area contributed by atoms with Crippen LogP contribution in [0, 0.1) is 18.3 Å². The summed E-state index contributed by atoms with van der Waals surface area (Å²) in [5.41, 5.74) is 1.16. The second-order valence-electron chi connectivity index (χ2n) is 5.92. The van der Waals surface area contributed by atoms with Crippen molar-refractivity contribution in [1.29, 1.82) is 0 Å². The highest BCUT2D eigenvalue weighted by Crippen LogP contribution is 2.18. The molecule has 0 N–H and O–H groups in total. The smallest absolute Gasteiger partial charge is 0.222 e. The third kappa shape index (κ3) is 5.61. The lowest BCUT2D eigenvalue weighted by atomic mass is 9.98. The summed E-state index contributed by atoms with van der Waals surface area (Å²) in [6.07, 6.45) is 8.64. The number of amides is 1. The van der Waals surface area contributed by atoms with Gasteiger partial charge in [-0.2, -0.15) is 0 Å². The first-order chi connectivity index (χ1) is 11.2. The fourth-order valence-corrected chi connectivity index (χ4v) is 2.91. The Balaban J connectivity index is 1.76. The highest BCUT2D eigenvalue weighted by atomic mass is 16.5. The largest absolute Gasteiger partial charge is 0.497 e. The van der Waals surface area contributed by atoms with Crippen LogP contribution in [0.1, 0.15) is 24.8 Å². The van der Waals surface area contributed by atoms with Crippen molar-refractivity contribution < 1.29 is 14.3 Å². The first-order valence-corrected chi connectivity index (χ1v) is 8.15. The molecule has 0 saturated carbocycles. The minimum atomic E-state index is 0.225. The second-order valence-corrected chi connectivity index (χ2v) is 5.92. The Bertz CT molecular complexity index is 533. The highest BCUT2D eigenvalue weighted by molar-refractivity contribution is 5.76. The molecule has 1 saturated heterocycles. The fraction of sp³-hybridized carbons (Fsp3) is 0.526. The molecule has 23 heavy (non-hydrogen) atoms. The Kier molecular flexibility index (Phi) is 6.96. The first-order valence-electron chi connectivity index (χ1n) is 8.15. The molecule has 4 nitrogen and oxygen atoms in total. The second kappa shape index (κ2) is 9.22. The van der Waals surface area contributed by atoms with Crippen molar-refractivity contribution in [2.75, 3.05) is 33.4 Å². The average Bonchev–Trinajstić information content (AvgIpc) is 2.60. The van der Waals surface area contributed by atoms with Gasteiger partial charge in [0.05, 0.1) is 13.7 Å². The maximum absolute atomic E-state index is 12.4. The van der Waals surface area contributed by atoms with E-state index in [9.17, 15) is 4.79 Å². The van der Waals surface area contributed by atoms with Crippen LogP contribution in [0.4, 0.5) is 0 Å². The third-order valence-corrected chi connectivity index (χ3v) is 4.20. The van der Waals surface area contributed by atoms with Gasteiger partial charge in [0.25, 0.3) is 0 Å². The number of rotatable bonds is 7. The van der Waals surface area contributed by atoms with Gasteiger partial charge in [-0.3, -0.25) is 4.79 Å². The van der Waals surface area contributed by atoms with Crippen LogP contribution in [-0.4, -0.2) is 44.2 Å². The predicted molar refractivity (Wildman–Crippen MR) is 90.3 cm³/mol. The number of aryl methyl sites for hydroxylation is 1. The van der Waals surface area contributed by atoms with Crippen molar-refractivity contribution >= 4 is 5.91 Å². The zero-order valence-corrected chi connectivity index (χ0v) is 13.8. The van der Waals surface area contributed by atoms with Crippen molar-refractivity contribution in [3.63, 3.8) is 0 Å². The van der Waals surface area contributed by atoms with Crippen LogP contribution < -0.4 is 4.74 Å². The summed E-state index contributed by atoms with van der Waals surface area (Å²) >= 11 is 0. The van der Waals surface area contributed by atoms with Gasteiger partial charge >= 0.3 is 0 Å². The molecule has 1 heterocycles. The summed E-state index contributed by atoms with van der Waals surface area (Å²) in [6, 6.07) is 7.89. The van der Waals surface area contributed by atoms with Crippen LogP contribution in [-0.2, 0) is 16.0 Å². The van der Waals surface area contributed by atoms with Crippen LogP contribution in [0.2, 0.25) is 0 Å². The van der Waals surface area contributed by atoms with Gasteiger partial charge in [0.2, 0.25) is 5.91 Å². The molecule has 0 radical (unpaired) electrons. The van der Waals surface area contributed by atoms with Gasteiger partial charge < -0.3 is 14.4 Å². The van der Waals surface area contributed by atoms with Crippen molar-refractivity contribution in [2.24, 2.45) is 5.92 Å². The van der Waals surface area contributed by atoms with Gasteiger partial charge in [-0.1, -0.05) is 18.1 Å². The van der Waals surface area contributed by atoms with E-state index in [1.807, 2.05) is 29.2 Å². The molecule has 0 bridgehead atoms.